The number of carbonyl (C=O) groups excluding carboxylic acids is 16. The first-order chi connectivity index (χ1) is 60.9. The number of hydrogen-bond donors (Lipinski definition) is 17. The monoisotopic (exact) mass is 1800 g/mol. The van der Waals surface area contributed by atoms with Crippen molar-refractivity contribution in [2.24, 2.45) is 23.3 Å². The number of unbranched alkanes of at least 4 members (excludes halogenated alkanes) is 2. The molecule has 0 radical (unpaired) electrons. The number of carboxylic acid groups (broad SMARTS) is 1. The Hall–Kier alpha value is -12.2. The summed E-state index contributed by atoms with van der Waals surface area (Å²) in [5, 5.41) is 59.2. The van der Waals surface area contributed by atoms with Crippen LogP contribution in [0.25, 0.3) is 21.8 Å². The van der Waals surface area contributed by atoms with Gasteiger partial charge in [0.1, 0.15) is 90.3 Å². The number of aromatic hydroxyl groups is 1. The highest BCUT2D eigenvalue weighted by molar-refractivity contribution is 8.00. The van der Waals surface area contributed by atoms with Gasteiger partial charge in [-0.05, 0) is 111 Å². The summed E-state index contributed by atoms with van der Waals surface area (Å²) in [6.45, 7) is 9.62. The van der Waals surface area contributed by atoms with Gasteiger partial charge in [0.15, 0.2) is 0 Å². The number of aliphatic carboxylic acids is 1. The van der Waals surface area contributed by atoms with Crippen molar-refractivity contribution >= 4 is 134 Å². The van der Waals surface area contributed by atoms with Crippen LogP contribution in [0.5, 0.6) is 5.75 Å². The minimum atomic E-state index is -1.87. The molecule has 3 aliphatic heterocycles. The van der Waals surface area contributed by atoms with Crippen LogP contribution in [0.3, 0.4) is 0 Å². The molecule has 5 aromatic rings. The molecular formula is C88H125N19O20S. The number of aromatic amines is 2. The number of nitrogens with two attached hydrogens (primary N) is 2. The van der Waals surface area contributed by atoms with Gasteiger partial charge in [0.25, 0.3) is 0 Å². The minimum Gasteiger partial charge on any atom is -0.508 e. The number of carbonyl (C=O) groups is 17. The molecule has 0 unspecified atom stereocenters. The number of phenolic OH excluding ortho intramolecular Hbond substituents is 1. The summed E-state index contributed by atoms with van der Waals surface area (Å²) in [7, 11) is 3.96. The molecule has 0 spiro atoms. The van der Waals surface area contributed by atoms with Crippen molar-refractivity contribution in [2.75, 3.05) is 65.4 Å². The van der Waals surface area contributed by atoms with Gasteiger partial charge in [-0.1, -0.05) is 116 Å². The molecule has 2 aromatic heterocycles. The van der Waals surface area contributed by atoms with Crippen LogP contribution in [0, 0.1) is 11.8 Å². The highest BCUT2D eigenvalue weighted by Gasteiger charge is 2.46. The number of aliphatic hydroxyl groups is 1. The number of thioether (sulfide) groups is 1. The van der Waals surface area contributed by atoms with E-state index in [1.54, 1.807) is 88.6 Å². The maximum atomic E-state index is 15.7. The van der Waals surface area contributed by atoms with Crippen molar-refractivity contribution in [1.82, 2.24) is 87.6 Å². The summed E-state index contributed by atoms with van der Waals surface area (Å²) in [6, 6.07) is -1.17. The van der Waals surface area contributed by atoms with Crippen LogP contribution in [0.15, 0.2) is 85.2 Å². The molecule has 19 N–H and O–H groups in total. The van der Waals surface area contributed by atoms with Crippen LogP contribution in [0.4, 0.5) is 0 Å². The van der Waals surface area contributed by atoms with Crippen molar-refractivity contribution in [1.29, 1.82) is 0 Å². The molecule has 3 aromatic carbocycles. The maximum Gasteiger partial charge on any atom is 0.305 e. The standard InChI is InChI=1S/C88H125N19O20S/c1-11-13-25-68-81(120)95-59(35-48(3)4)77(116)102-67(76(115)93-44-72(90)110)46-128-47-73(111)94-62(37-51-29-31-54(109)32-30-51)84(123)103(8)50(7)75(114)97-64(40-74(112)113)87(126)107-34-20-28-70(107)83(122)100-65(41-89)79(118)98-61(36-49(5)6)86(125)106-33-19-27-69(106)82(121)96-60(38-52-42-91-57-23-17-15-21-55(52)57)78(117)101-66(45-108)80(119)99-63(39-53-43-92-58-24-18-16-22-56(53)58)85(124)105(10)71(26-14-12-2)88(127)104(68)9/h15-18,21-24,29-32,42-43,48-50,59-71,91-92,108-109H,11-14,19-20,25-28,33-41,44-47,89H2,1-10H3,(H2,90,110)(H,93,115)(H,94,111)(H,95,120)(H,96,121)(H,97,114)(H,98,118)(H,99,119)(H,100,122)(H,101,117)(H,102,116)(H,112,113)/t50-,59-,60-,61-,62-,63-,64-,65-,66-,67-,68-,69-,70-,71-/m0/s1. The molecule has 128 heavy (non-hydrogen) atoms. The van der Waals surface area contributed by atoms with Crippen LogP contribution in [-0.4, -0.2) is 300 Å². The van der Waals surface area contributed by atoms with E-state index in [0.29, 0.717) is 64.2 Å². The van der Waals surface area contributed by atoms with Gasteiger partial charge in [-0.15, -0.1) is 11.8 Å². The van der Waals surface area contributed by atoms with Gasteiger partial charge in [0.05, 0.1) is 25.3 Å². The van der Waals surface area contributed by atoms with E-state index in [4.69, 9.17) is 11.5 Å². The van der Waals surface area contributed by atoms with Crippen molar-refractivity contribution < 1.29 is 96.8 Å². The van der Waals surface area contributed by atoms with Crippen molar-refractivity contribution in [3.05, 3.63) is 102 Å². The van der Waals surface area contributed by atoms with E-state index in [2.05, 4.69) is 63.1 Å². The molecule has 39 nitrogen and oxygen atoms in total. The highest BCUT2D eigenvalue weighted by atomic mass is 32.2. The largest absolute Gasteiger partial charge is 0.508 e. The minimum absolute atomic E-state index is 0.00210. The lowest BCUT2D eigenvalue weighted by atomic mass is 9.99. The van der Waals surface area contributed by atoms with Crippen molar-refractivity contribution in [2.45, 2.75) is 236 Å². The SMILES string of the molecule is CCCC[C@H]1C(=O)N(C)[C@@H](CCCC)C(=O)N[C@@H](CC(C)C)C(=O)N[C@H](C(=O)NCC(N)=O)CSCC(=O)N[C@@H](Cc2ccc(O)cc2)C(=O)N(C)[C@@H](C)C(=O)N[C@@H](CC(=O)O)C(=O)N2CCC[C@H]2C(=O)N[C@@H](CN)C(=O)N[C@@H](CC(C)C)C(=O)N2CCC[C@H]2C(=O)N[C@@H](Cc2c[nH]c3ccccc23)C(=O)N[C@@H](CO)C(=O)N[C@@H](Cc2c[nH]c3ccccc23)C(=O)N1C. The number of amides is 16. The number of benzene rings is 3. The zero-order valence-electron chi connectivity index (χ0n) is 74.2. The summed E-state index contributed by atoms with van der Waals surface area (Å²) >= 11 is 0.792. The molecule has 16 amide bonds. The number of aromatic nitrogens is 2. The number of rotatable bonds is 23. The number of carboxylic acids is 1. The Morgan fingerprint density at radius 3 is 1.52 bits per heavy atom. The quantitative estimate of drug-likeness (QED) is 0.0391. The van der Waals surface area contributed by atoms with Gasteiger partial charge in [-0.25, -0.2) is 0 Å². The number of hydrogen-bond acceptors (Lipinski definition) is 21. The topological polar surface area (TPSA) is 571 Å². The van der Waals surface area contributed by atoms with E-state index < -0.39 is 223 Å². The molecule has 3 saturated heterocycles. The molecule has 3 aliphatic rings. The summed E-state index contributed by atoms with van der Waals surface area (Å²) < 4.78 is 0. The Morgan fingerprint density at radius 1 is 0.516 bits per heavy atom. The first-order valence-electron chi connectivity index (χ1n) is 43.6. The molecule has 8 rings (SSSR count). The number of likely N-dealkylation sites (N-methyl/N-ethyl adjacent to an activating group) is 3. The summed E-state index contributed by atoms with van der Waals surface area (Å²) in [6.07, 6.45) is 3.85. The van der Waals surface area contributed by atoms with Crippen molar-refractivity contribution in [3.8, 4) is 5.75 Å². The van der Waals surface area contributed by atoms with E-state index >= 15 is 33.6 Å². The predicted octanol–water partition coefficient (Wildman–Crippen LogP) is -0.525. The van der Waals surface area contributed by atoms with E-state index in [1.165, 1.54) is 67.0 Å². The second-order valence-corrected chi connectivity index (χ2v) is 34.8. The van der Waals surface area contributed by atoms with Gasteiger partial charge < -0.3 is 114 Å². The third-order valence-electron chi connectivity index (χ3n) is 23.2. The van der Waals surface area contributed by atoms with Crippen LogP contribution >= 0.6 is 11.8 Å². The first-order valence-corrected chi connectivity index (χ1v) is 44.7. The normalized spacial score (nSPS) is 25.0. The van der Waals surface area contributed by atoms with E-state index in [0.717, 1.165) is 21.6 Å². The highest BCUT2D eigenvalue weighted by Crippen LogP contribution is 2.28. The molecule has 14 atom stereocenters. The summed E-state index contributed by atoms with van der Waals surface area (Å²) in [4.78, 5) is 259. The van der Waals surface area contributed by atoms with Crippen LogP contribution in [-0.2, 0) is 101 Å². The summed E-state index contributed by atoms with van der Waals surface area (Å²) in [5.41, 5.74) is 14.4. The first kappa shape index (κ1) is 101. The number of H-pyrrole nitrogens is 2. The Morgan fingerprint density at radius 2 is 0.977 bits per heavy atom. The number of phenols is 1. The number of para-hydroxylation sites is 2. The number of aliphatic hydroxyl groups excluding tert-OH is 1. The van der Waals surface area contributed by atoms with Gasteiger partial charge in [-0.2, -0.15) is 0 Å². The molecule has 698 valence electrons. The van der Waals surface area contributed by atoms with Gasteiger partial charge in [0.2, 0.25) is 94.5 Å². The zero-order valence-corrected chi connectivity index (χ0v) is 75.0. The lowest BCUT2D eigenvalue weighted by Crippen LogP contribution is -2.62. The van der Waals surface area contributed by atoms with E-state index in [1.807, 2.05) is 13.8 Å². The fraction of sp³-hybridized carbons (Fsp3) is 0.557. The number of primary amides is 1. The molecular weight excluding hydrogens is 1680 g/mol. The average molecular weight is 1800 g/mol. The lowest BCUT2D eigenvalue weighted by Gasteiger charge is -2.36. The molecule has 0 aliphatic carbocycles. The molecule has 5 heterocycles. The Bertz CT molecular complexity index is 4790. The molecule has 40 heteroatoms. The van der Waals surface area contributed by atoms with Crippen LogP contribution < -0.4 is 64.6 Å². The van der Waals surface area contributed by atoms with Gasteiger partial charge in [-0.3, -0.25) is 81.5 Å². The average Bonchev–Trinajstić information content (AvgIpc) is 1.56. The Balaban J connectivity index is 1.17. The van der Waals surface area contributed by atoms with Gasteiger partial charge >= 0.3 is 5.97 Å². The van der Waals surface area contributed by atoms with E-state index in [-0.39, 0.29) is 101 Å². The van der Waals surface area contributed by atoms with Crippen LogP contribution in [0.2, 0.25) is 0 Å². The number of fused-ring (bicyclic) bond motifs is 4. The fourth-order valence-corrected chi connectivity index (χ4v) is 16.9. The molecule has 0 saturated carbocycles. The van der Waals surface area contributed by atoms with Crippen LogP contribution in [0.1, 0.15) is 149 Å². The zero-order chi connectivity index (χ0) is 93.9. The third-order valence-corrected chi connectivity index (χ3v) is 24.3. The van der Waals surface area contributed by atoms with Crippen molar-refractivity contribution in [3.63, 3.8) is 0 Å². The number of nitrogens with one attached hydrogen (secondary N) is 12. The lowest BCUT2D eigenvalue weighted by molar-refractivity contribution is -0.149. The number of nitrogens with zero attached hydrogens (tertiary/aromatic N) is 5. The summed E-state index contributed by atoms with van der Waals surface area (Å²) in [5.74, 6) is -17.6. The Labute approximate surface area is 747 Å². The van der Waals surface area contributed by atoms with E-state index in [9.17, 15) is 63.3 Å². The smallest absolute Gasteiger partial charge is 0.305 e. The molecule has 3 fully saturated rings. The second-order valence-electron chi connectivity index (χ2n) is 33.8. The predicted molar refractivity (Wildman–Crippen MR) is 474 cm³/mol. The molecule has 0 bridgehead atoms. The van der Waals surface area contributed by atoms with Gasteiger partial charge in [0, 0.05) is 100.0 Å². The third kappa shape index (κ3) is 27.7. The maximum absolute atomic E-state index is 15.7. The Kier molecular flexibility index (Phi) is 38.0. The fourth-order valence-electron chi connectivity index (χ4n) is 16.1. The second kappa shape index (κ2) is 48.1.